The Labute approximate surface area is 154 Å². The van der Waals surface area contributed by atoms with E-state index in [9.17, 15) is 4.79 Å². The highest BCUT2D eigenvalue weighted by atomic mass is 32.2. The maximum Gasteiger partial charge on any atom is 0.191 e. The summed E-state index contributed by atoms with van der Waals surface area (Å²) in [4.78, 5) is 20.1. The van der Waals surface area contributed by atoms with Gasteiger partial charge in [-0.25, -0.2) is 0 Å². The molecule has 0 aliphatic rings. The molecule has 6 nitrogen and oxygen atoms in total. The van der Waals surface area contributed by atoms with Crippen LogP contribution in [0.3, 0.4) is 0 Å². The van der Waals surface area contributed by atoms with E-state index < -0.39 is 0 Å². The predicted molar refractivity (Wildman–Crippen MR) is 102 cm³/mol. The zero-order valence-corrected chi connectivity index (χ0v) is 15.2. The summed E-state index contributed by atoms with van der Waals surface area (Å²) in [7, 11) is 1.90. The lowest BCUT2D eigenvalue weighted by Crippen LogP contribution is -2.14. The fourth-order valence-electron chi connectivity index (χ4n) is 2.88. The molecule has 3 heterocycles. The third-order valence-corrected chi connectivity index (χ3v) is 5.41. The van der Waals surface area contributed by atoms with Crippen molar-refractivity contribution < 1.29 is 4.79 Å². The van der Waals surface area contributed by atoms with Gasteiger partial charge in [-0.15, -0.1) is 10.2 Å². The fraction of sp³-hybridized carbons (Fsp3) is 0.158. The number of benzene rings is 1. The van der Waals surface area contributed by atoms with E-state index in [1.165, 1.54) is 11.8 Å². The van der Waals surface area contributed by atoms with Gasteiger partial charge >= 0.3 is 0 Å². The average molecular weight is 363 g/mol. The molecule has 0 radical (unpaired) electrons. The number of para-hydroxylation sites is 1. The lowest BCUT2D eigenvalue weighted by molar-refractivity contribution is 0.0995. The van der Waals surface area contributed by atoms with Crippen LogP contribution in [0.2, 0.25) is 0 Å². The van der Waals surface area contributed by atoms with Gasteiger partial charge < -0.3 is 9.55 Å². The maximum absolute atomic E-state index is 12.9. The number of fused-ring (bicyclic) bond motifs is 1. The van der Waals surface area contributed by atoms with Gasteiger partial charge in [0.1, 0.15) is 0 Å². The van der Waals surface area contributed by atoms with Crippen molar-refractivity contribution in [1.82, 2.24) is 24.7 Å². The molecule has 1 N–H and O–H groups in total. The highest BCUT2D eigenvalue weighted by Crippen LogP contribution is 2.29. The summed E-state index contributed by atoms with van der Waals surface area (Å²) >= 11 is 1.41. The molecule has 0 spiro atoms. The minimum atomic E-state index is -0.276. The molecule has 0 aliphatic heterocycles. The number of hydrogen-bond donors (Lipinski definition) is 1. The Morgan fingerprint density at radius 3 is 2.73 bits per heavy atom. The van der Waals surface area contributed by atoms with Crippen LogP contribution in [0, 0.1) is 0 Å². The molecule has 0 saturated carbocycles. The number of thioether (sulfide) groups is 1. The van der Waals surface area contributed by atoms with Gasteiger partial charge in [-0.3, -0.25) is 9.78 Å². The largest absolute Gasteiger partial charge is 0.360 e. The lowest BCUT2D eigenvalue weighted by atomic mass is 10.1. The Hall–Kier alpha value is -2.93. The Morgan fingerprint density at radius 2 is 1.92 bits per heavy atom. The average Bonchev–Trinajstić information content (AvgIpc) is 3.26. The van der Waals surface area contributed by atoms with Crippen LogP contribution >= 0.6 is 11.8 Å². The first kappa shape index (κ1) is 16.5. The number of pyridine rings is 1. The van der Waals surface area contributed by atoms with Crippen LogP contribution in [0.4, 0.5) is 0 Å². The molecule has 0 aliphatic carbocycles. The second kappa shape index (κ2) is 6.76. The summed E-state index contributed by atoms with van der Waals surface area (Å²) in [5.41, 5.74) is 2.61. The monoisotopic (exact) mass is 363 g/mol. The SMILES string of the molecule is CC(Sc1nnc(-c2ccncc2)n1C)C(=O)c1c[nH]c2ccccc12. The first-order chi connectivity index (χ1) is 12.6. The molecule has 4 rings (SSSR count). The molecule has 0 amide bonds. The van der Waals surface area contributed by atoms with E-state index in [2.05, 4.69) is 20.2 Å². The van der Waals surface area contributed by atoms with Crippen molar-refractivity contribution in [1.29, 1.82) is 0 Å². The minimum absolute atomic E-state index is 0.0703. The van der Waals surface area contributed by atoms with Crippen molar-refractivity contribution in [3.8, 4) is 11.4 Å². The van der Waals surface area contributed by atoms with Gasteiger partial charge in [-0.05, 0) is 25.1 Å². The van der Waals surface area contributed by atoms with Crippen LogP contribution in [-0.2, 0) is 7.05 Å². The third-order valence-electron chi connectivity index (χ3n) is 4.28. The first-order valence-electron chi connectivity index (χ1n) is 8.22. The number of nitrogens with one attached hydrogen (secondary N) is 1. The van der Waals surface area contributed by atoms with Crippen LogP contribution in [0.1, 0.15) is 17.3 Å². The number of H-pyrrole nitrogens is 1. The van der Waals surface area contributed by atoms with Gasteiger partial charge in [-0.1, -0.05) is 30.0 Å². The van der Waals surface area contributed by atoms with Gasteiger partial charge in [0.15, 0.2) is 16.8 Å². The van der Waals surface area contributed by atoms with Crippen molar-refractivity contribution in [2.45, 2.75) is 17.3 Å². The number of aromatic amines is 1. The standard InChI is InChI=1S/C19H17N5OS/c1-12(17(25)15-11-21-16-6-4-3-5-14(15)16)26-19-23-22-18(24(19)2)13-7-9-20-10-8-13/h3-12,21H,1-2H3. The molecule has 0 fully saturated rings. The van der Waals surface area contributed by atoms with Gasteiger partial charge in [0.05, 0.1) is 5.25 Å². The topological polar surface area (TPSA) is 76.5 Å². The van der Waals surface area contributed by atoms with Crippen molar-refractivity contribution in [2.24, 2.45) is 7.05 Å². The van der Waals surface area contributed by atoms with Crippen molar-refractivity contribution >= 4 is 28.4 Å². The third kappa shape index (κ3) is 2.90. The Kier molecular flexibility index (Phi) is 4.30. The van der Waals surface area contributed by atoms with Crippen LogP contribution in [0.25, 0.3) is 22.3 Å². The molecule has 1 unspecified atom stereocenters. The normalized spacial score (nSPS) is 12.4. The highest BCUT2D eigenvalue weighted by Gasteiger charge is 2.22. The number of nitrogens with zero attached hydrogens (tertiary/aromatic N) is 4. The zero-order valence-electron chi connectivity index (χ0n) is 14.4. The Morgan fingerprint density at radius 1 is 1.15 bits per heavy atom. The van der Waals surface area contributed by atoms with Gasteiger partial charge in [0, 0.05) is 47.7 Å². The number of carbonyl (C=O) groups excluding carboxylic acids is 1. The quantitative estimate of drug-likeness (QED) is 0.432. The second-order valence-electron chi connectivity index (χ2n) is 5.97. The number of rotatable bonds is 5. The molecule has 7 heteroatoms. The molecule has 3 aromatic heterocycles. The van der Waals surface area contributed by atoms with E-state index >= 15 is 0 Å². The fourth-order valence-corrected chi connectivity index (χ4v) is 3.76. The van der Waals surface area contributed by atoms with E-state index in [4.69, 9.17) is 0 Å². The Balaban J connectivity index is 1.58. The van der Waals surface area contributed by atoms with E-state index in [0.717, 1.165) is 22.3 Å². The molecule has 0 bridgehead atoms. The second-order valence-corrected chi connectivity index (χ2v) is 7.28. The summed E-state index contributed by atoms with van der Waals surface area (Å²) in [5, 5.41) is 9.89. The van der Waals surface area contributed by atoms with Gasteiger partial charge in [0.25, 0.3) is 0 Å². The molecule has 26 heavy (non-hydrogen) atoms. The van der Waals surface area contributed by atoms with Crippen molar-refractivity contribution in [3.05, 3.63) is 60.6 Å². The predicted octanol–water partition coefficient (Wildman–Crippen LogP) is 3.72. The summed E-state index contributed by atoms with van der Waals surface area (Å²) in [6.07, 6.45) is 5.23. The van der Waals surface area contributed by atoms with Crippen molar-refractivity contribution in [2.75, 3.05) is 0 Å². The van der Waals surface area contributed by atoms with E-state index in [1.807, 2.05) is 54.9 Å². The summed E-state index contributed by atoms with van der Waals surface area (Å²) in [5.74, 6) is 0.822. The number of aromatic nitrogens is 5. The van der Waals surface area contributed by atoms with E-state index in [1.54, 1.807) is 18.6 Å². The highest BCUT2D eigenvalue weighted by molar-refractivity contribution is 8.00. The van der Waals surface area contributed by atoms with Crippen LogP contribution < -0.4 is 0 Å². The molecule has 130 valence electrons. The maximum atomic E-state index is 12.9. The van der Waals surface area contributed by atoms with Crippen LogP contribution in [0.15, 0.2) is 60.1 Å². The first-order valence-corrected chi connectivity index (χ1v) is 9.10. The zero-order chi connectivity index (χ0) is 18.1. The molecule has 1 atom stereocenters. The number of Topliss-reactive ketones (excluding diaryl/α,β-unsaturated/α-hetero) is 1. The number of hydrogen-bond acceptors (Lipinski definition) is 5. The minimum Gasteiger partial charge on any atom is -0.360 e. The van der Waals surface area contributed by atoms with Crippen LogP contribution in [-0.4, -0.2) is 35.8 Å². The van der Waals surface area contributed by atoms with Gasteiger partial charge in [-0.2, -0.15) is 0 Å². The number of ketones is 1. The molecule has 0 saturated heterocycles. The van der Waals surface area contributed by atoms with Gasteiger partial charge in [0.2, 0.25) is 0 Å². The Bertz CT molecular complexity index is 1070. The molecular formula is C19H17N5OS. The molecular weight excluding hydrogens is 346 g/mol. The van der Waals surface area contributed by atoms with E-state index in [0.29, 0.717) is 10.7 Å². The number of carbonyl (C=O) groups is 1. The smallest absolute Gasteiger partial charge is 0.191 e. The molecule has 1 aromatic carbocycles. The summed E-state index contributed by atoms with van der Waals surface area (Å²) in [6, 6.07) is 11.6. The summed E-state index contributed by atoms with van der Waals surface area (Å²) < 4.78 is 1.90. The molecule has 4 aromatic rings. The van der Waals surface area contributed by atoms with E-state index in [-0.39, 0.29) is 11.0 Å². The lowest BCUT2D eigenvalue weighted by Gasteiger charge is -2.09. The summed E-state index contributed by atoms with van der Waals surface area (Å²) in [6.45, 7) is 1.90. The van der Waals surface area contributed by atoms with Crippen LogP contribution in [0.5, 0.6) is 0 Å². The van der Waals surface area contributed by atoms with Crippen molar-refractivity contribution in [3.63, 3.8) is 0 Å².